The van der Waals surface area contributed by atoms with Gasteiger partial charge >= 0.3 is 6.18 Å². The maximum absolute atomic E-state index is 13.5. The lowest BCUT2D eigenvalue weighted by molar-refractivity contribution is -0.136. The van der Waals surface area contributed by atoms with Crippen LogP contribution < -0.4 is 9.80 Å². The molecule has 0 unspecified atom stereocenters. The van der Waals surface area contributed by atoms with Crippen LogP contribution in [-0.2, 0) is 11.0 Å². The van der Waals surface area contributed by atoms with Crippen LogP contribution in [0, 0.1) is 6.57 Å². The molecule has 1 aliphatic carbocycles. The van der Waals surface area contributed by atoms with Crippen LogP contribution in [0.15, 0.2) is 48.5 Å². The van der Waals surface area contributed by atoms with Crippen LogP contribution in [-0.4, -0.2) is 28.3 Å². The first-order valence-corrected chi connectivity index (χ1v) is 10.3. The van der Waals surface area contributed by atoms with Crippen LogP contribution in [0.25, 0.3) is 10.9 Å². The van der Waals surface area contributed by atoms with E-state index in [1.807, 2.05) is 12.1 Å². The highest BCUT2D eigenvalue weighted by Crippen LogP contribution is 2.48. The van der Waals surface area contributed by atoms with Crippen molar-refractivity contribution in [3.05, 3.63) is 71.1 Å². The summed E-state index contributed by atoms with van der Waals surface area (Å²) in [5.41, 5.74) is -1.03. The molecule has 0 atom stereocenters. The molecule has 1 N–H and O–H groups in total. The van der Waals surface area contributed by atoms with Gasteiger partial charge in [-0.15, -0.1) is 0 Å². The molecule has 2 aliphatic rings. The molecule has 1 saturated carbocycles. The number of alkyl halides is 3. The number of carbonyl (C=O) groups is 1. The number of aliphatic hydroxyl groups excluding tert-OH is 1. The smallest absolute Gasteiger partial charge is 0.392 e. The Labute approximate surface area is 188 Å². The highest BCUT2D eigenvalue weighted by atomic mass is 32.1. The second-order valence-corrected chi connectivity index (χ2v) is 8.00. The molecule has 4 rings (SSSR count). The van der Waals surface area contributed by atoms with Crippen molar-refractivity contribution >= 4 is 46.4 Å². The Morgan fingerprint density at radius 1 is 1.16 bits per heavy atom. The van der Waals surface area contributed by atoms with E-state index in [1.165, 1.54) is 6.07 Å². The number of carbonyl (C=O) groups excluding carboxylic acids is 1. The Morgan fingerprint density at radius 3 is 2.34 bits per heavy atom. The first-order chi connectivity index (χ1) is 15.2. The molecule has 2 fully saturated rings. The highest BCUT2D eigenvalue weighted by Gasteiger charge is 2.59. The minimum absolute atomic E-state index is 0.00370. The number of rotatable bonds is 4. The van der Waals surface area contributed by atoms with Crippen molar-refractivity contribution in [2.75, 3.05) is 16.4 Å². The molecule has 9 heteroatoms. The minimum Gasteiger partial charge on any atom is -0.392 e. The summed E-state index contributed by atoms with van der Waals surface area (Å²) < 4.78 is 40.4. The quantitative estimate of drug-likeness (QED) is 0.499. The molecule has 2 aromatic carbocycles. The van der Waals surface area contributed by atoms with Gasteiger partial charge in [0.25, 0.3) is 5.91 Å². The standard InChI is InChI=1S/C23H18F3N3O2S/c1-27-19-10-9-17(14-18(19)23(24,25)26)28-20(31)22(11-3-12-22)29(21(28)32)16-7-5-15(6-8-16)4-2-13-30/h2,4-10,14,30H,3,11-13H2/b4-2+. The zero-order chi connectivity index (χ0) is 23.1. The maximum atomic E-state index is 13.5. The van der Waals surface area contributed by atoms with Crippen LogP contribution >= 0.6 is 12.2 Å². The molecule has 0 radical (unpaired) electrons. The van der Waals surface area contributed by atoms with Crippen molar-refractivity contribution in [1.82, 2.24) is 0 Å². The summed E-state index contributed by atoms with van der Waals surface area (Å²) in [5.74, 6) is -0.360. The molecule has 0 aromatic heterocycles. The van der Waals surface area contributed by atoms with E-state index in [-0.39, 0.29) is 23.3 Å². The number of hydrogen-bond acceptors (Lipinski definition) is 3. The number of thiocarbonyl (C=S) groups is 1. The number of aliphatic hydroxyl groups is 1. The van der Waals surface area contributed by atoms with Gasteiger partial charge in [-0.3, -0.25) is 9.69 Å². The summed E-state index contributed by atoms with van der Waals surface area (Å²) in [6.45, 7) is 6.93. The van der Waals surface area contributed by atoms with E-state index >= 15 is 0 Å². The fraction of sp³-hybridized carbons (Fsp3) is 0.261. The number of nitrogens with zero attached hydrogens (tertiary/aromatic N) is 3. The zero-order valence-corrected chi connectivity index (χ0v) is 17.6. The average molecular weight is 457 g/mol. The van der Waals surface area contributed by atoms with Gasteiger partial charge in [-0.2, -0.15) is 13.2 Å². The molecular formula is C23H18F3N3O2S. The monoisotopic (exact) mass is 457 g/mol. The Morgan fingerprint density at radius 2 is 1.81 bits per heavy atom. The molecule has 0 bridgehead atoms. The van der Waals surface area contributed by atoms with Crippen molar-refractivity contribution < 1.29 is 23.1 Å². The second-order valence-electron chi connectivity index (χ2n) is 7.63. The number of anilines is 2. The van der Waals surface area contributed by atoms with Gasteiger partial charge in [0.15, 0.2) is 10.8 Å². The van der Waals surface area contributed by atoms with Crippen LogP contribution in [0.2, 0.25) is 0 Å². The topological polar surface area (TPSA) is 48.1 Å². The highest BCUT2D eigenvalue weighted by molar-refractivity contribution is 7.81. The third-order valence-corrected chi connectivity index (χ3v) is 6.19. The molecule has 164 valence electrons. The van der Waals surface area contributed by atoms with Crippen LogP contribution in [0.1, 0.15) is 30.4 Å². The number of amides is 1. The van der Waals surface area contributed by atoms with Gasteiger partial charge in [0.2, 0.25) is 0 Å². The molecule has 1 saturated heterocycles. The van der Waals surface area contributed by atoms with E-state index in [2.05, 4.69) is 4.85 Å². The molecule has 5 nitrogen and oxygen atoms in total. The Hall–Kier alpha value is -3.22. The van der Waals surface area contributed by atoms with Crippen LogP contribution in [0.5, 0.6) is 0 Å². The van der Waals surface area contributed by atoms with E-state index in [0.717, 1.165) is 29.0 Å². The normalized spacial score (nSPS) is 17.8. The third-order valence-electron chi connectivity index (χ3n) is 5.82. The predicted octanol–water partition coefficient (Wildman–Crippen LogP) is 5.32. The molecule has 1 spiro atoms. The van der Waals surface area contributed by atoms with Gasteiger partial charge in [-0.25, -0.2) is 4.85 Å². The van der Waals surface area contributed by atoms with E-state index in [9.17, 15) is 18.0 Å². The summed E-state index contributed by atoms with van der Waals surface area (Å²) in [7, 11) is 0. The average Bonchev–Trinajstić information content (AvgIpc) is 2.98. The number of halogens is 3. The first kappa shape index (κ1) is 22.0. The van der Waals surface area contributed by atoms with Crippen molar-refractivity contribution in [3.8, 4) is 0 Å². The fourth-order valence-electron chi connectivity index (χ4n) is 4.12. The van der Waals surface area contributed by atoms with E-state index in [4.69, 9.17) is 23.9 Å². The molecule has 2 aromatic rings. The van der Waals surface area contributed by atoms with E-state index in [0.29, 0.717) is 18.5 Å². The Balaban J connectivity index is 1.76. The second kappa shape index (κ2) is 8.04. The van der Waals surface area contributed by atoms with Crippen molar-refractivity contribution in [2.24, 2.45) is 0 Å². The Kier molecular flexibility index (Phi) is 5.53. The van der Waals surface area contributed by atoms with Crippen molar-refractivity contribution in [3.63, 3.8) is 0 Å². The van der Waals surface area contributed by atoms with E-state index < -0.39 is 23.0 Å². The van der Waals surface area contributed by atoms with Gasteiger partial charge < -0.3 is 10.0 Å². The minimum atomic E-state index is -4.73. The summed E-state index contributed by atoms with van der Waals surface area (Å²) in [4.78, 5) is 19.3. The largest absolute Gasteiger partial charge is 0.407 e. The molecule has 1 amide bonds. The summed E-state index contributed by atoms with van der Waals surface area (Å²) >= 11 is 5.60. The van der Waals surface area contributed by atoms with E-state index in [1.54, 1.807) is 29.2 Å². The lowest BCUT2D eigenvalue weighted by Crippen LogP contribution is -2.55. The first-order valence-electron chi connectivity index (χ1n) is 9.88. The van der Waals surface area contributed by atoms with Gasteiger partial charge in [0.1, 0.15) is 5.54 Å². The summed E-state index contributed by atoms with van der Waals surface area (Å²) in [6, 6.07) is 10.4. The third kappa shape index (κ3) is 3.45. The Bertz CT molecular complexity index is 1150. The van der Waals surface area contributed by atoms with Crippen LogP contribution in [0.4, 0.5) is 30.2 Å². The van der Waals surface area contributed by atoms with Gasteiger partial charge in [-0.1, -0.05) is 30.4 Å². The summed E-state index contributed by atoms with van der Waals surface area (Å²) in [6.07, 6.45) is 0.508. The predicted molar refractivity (Wildman–Crippen MR) is 119 cm³/mol. The molecule has 32 heavy (non-hydrogen) atoms. The summed E-state index contributed by atoms with van der Waals surface area (Å²) in [5, 5.41) is 9.03. The van der Waals surface area contributed by atoms with Crippen molar-refractivity contribution in [2.45, 2.75) is 31.0 Å². The molecular weight excluding hydrogens is 439 g/mol. The fourth-order valence-corrected chi connectivity index (χ4v) is 4.59. The van der Waals surface area contributed by atoms with Crippen LogP contribution in [0.3, 0.4) is 0 Å². The zero-order valence-electron chi connectivity index (χ0n) is 16.8. The maximum Gasteiger partial charge on any atom is 0.407 e. The number of benzene rings is 2. The lowest BCUT2D eigenvalue weighted by Gasteiger charge is -2.43. The van der Waals surface area contributed by atoms with Gasteiger partial charge in [0.05, 0.1) is 18.7 Å². The SMILES string of the molecule is [C-]#[N+]c1ccc(N2C(=O)C3(CCC3)N(c3ccc(/C=C/CO)cc3)C2=S)cc1C(F)(F)F. The van der Waals surface area contributed by atoms with Gasteiger partial charge in [-0.05, 0) is 61.3 Å². The molecule has 1 heterocycles. The van der Waals surface area contributed by atoms with Gasteiger partial charge in [0, 0.05) is 11.4 Å². The lowest BCUT2D eigenvalue weighted by atomic mass is 9.75. The van der Waals surface area contributed by atoms with Crippen molar-refractivity contribution in [1.29, 1.82) is 0 Å². The molecule has 1 aliphatic heterocycles. The number of hydrogen-bond donors (Lipinski definition) is 1.